The van der Waals surface area contributed by atoms with Crippen LogP contribution in [0.5, 0.6) is 0 Å². The fourth-order valence-electron chi connectivity index (χ4n) is 1.73. The minimum atomic E-state index is -0.201. The van der Waals surface area contributed by atoms with Gasteiger partial charge < -0.3 is 11.1 Å². The molecule has 0 spiro atoms. The number of hydrogen-bond donors (Lipinski definition) is 2. The van der Waals surface area contributed by atoms with Gasteiger partial charge >= 0.3 is 0 Å². The summed E-state index contributed by atoms with van der Waals surface area (Å²) in [6, 6.07) is 10.6. The minimum Gasteiger partial charge on any atom is -0.398 e. The zero-order valence-electron chi connectivity index (χ0n) is 10.9. The third-order valence-corrected chi connectivity index (χ3v) is 3.03. The Kier molecular flexibility index (Phi) is 4.38. The highest BCUT2D eigenvalue weighted by molar-refractivity contribution is 6.30. The van der Waals surface area contributed by atoms with E-state index in [4.69, 9.17) is 17.3 Å². The summed E-state index contributed by atoms with van der Waals surface area (Å²) in [5, 5.41) is 3.22. The molecule has 1 amide bonds. The number of nitrogens with zero attached hydrogens (tertiary/aromatic N) is 1. The van der Waals surface area contributed by atoms with Gasteiger partial charge in [0.15, 0.2) is 0 Å². The number of halogens is 1. The molecular formula is C15H14ClN3O. The van der Waals surface area contributed by atoms with Crippen LogP contribution in [0.4, 0.5) is 0 Å². The summed E-state index contributed by atoms with van der Waals surface area (Å²) in [6.45, 7) is 0. The fraction of sp³-hybridized carbons (Fsp3) is 0.0667. The average Bonchev–Trinajstić information content (AvgIpc) is 2.47. The Morgan fingerprint density at radius 2 is 2.00 bits per heavy atom. The van der Waals surface area contributed by atoms with Gasteiger partial charge in [0, 0.05) is 24.0 Å². The van der Waals surface area contributed by atoms with E-state index >= 15 is 0 Å². The van der Waals surface area contributed by atoms with Gasteiger partial charge in [-0.15, -0.1) is 0 Å². The van der Waals surface area contributed by atoms with E-state index in [0.29, 0.717) is 22.0 Å². The van der Waals surface area contributed by atoms with Crippen molar-refractivity contribution in [2.24, 2.45) is 5.73 Å². The van der Waals surface area contributed by atoms with Gasteiger partial charge in [-0.05, 0) is 35.9 Å². The van der Waals surface area contributed by atoms with Gasteiger partial charge in [-0.3, -0.25) is 9.78 Å². The molecule has 0 fully saturated rings. The zero-order chi connectivity index (χ0) is 14.5. The summed E-state index contributed by atoms with van der Waals surface area (Å²) in [4.78, 5) is 15.9. The number of amides is 1. The molecule has 0 aliphatic heterocycles. The van der Waals surface area contributed by atoms with Gasteiger partial charge in [-0.1, -0.05) is 23.7 Å². The molecule has 2 aromatic rings. The van der Waals surface area contributed by atoms with E-state index in [1.165, 1.54) is 0 Å². The maximum Gasteiger partial charge on any atom is 0.253 e. The number of carbonyl (C=O) groups excluding carboxylic acids is 1. The molecule has 1 aromatic carbocycles. The molecule has 5 heteroatoms. The van der Waals surface area contributed by atoms with Crippen molar-refractivity contribution in [1.82, 2.24) is 10.3 Å². The van der Waals surface area contributed by atoms with Crippen molar-refractivity contribution in [1.29, 1.82) is 0 Å². The van der Waals surface area contributed by atoms with Gasteiger partial charge in [0.25, 0.3) is 5.91 Å². The van der Waals surface area contributed by atoms with Crippen LogP contribution in [0.2, 0.25) is 5.02 Å². The maximum absolute atomic E-state index is 11.8. The van der Waals surface area contributed by atoms with Gasteiger partial charge in [0.05, 0.1) is 11.3 Å². The summed E-state index contributed by atoms with van der Waals surface area (Å²) in [7, 11) is 1.57. The van der Waals surface area contributed by atoms with Crippen LogP contribution in [0, 0.1) is 0 Å². The number of benzene rings is 1. The number of pyridine rings is 1. The lowest BCUT2D eigenvalue weighted by molar-refractivity contribution is 0.0962. The van der Waals surface area contributed by atoms with Gasteiger partial charge in [-0.2, -0.15) is 0 Å². The number of nitrogens with two attached hydrogens (primary N) is 1. The highest BCUT2D eigenvalue weighted by Crippen LogP contribution is 2.17. The van der Waals surface area contributed by atoms with Crippen molar-refractivity contribution in [2.75, 3.05) is 7.05 Å². The highest BCUT2D eigenvalue weighted by atomic mass is 35.5. The van der Waals surface area contributed by atoms with Crippen molar-refractivity contribution in [3.8, 4) is 0 Å². The lowest BCUT2D eigenvalue weighted by atomic mass is 10.1. The molecule has 4 nitrogen and oxygen atoms in total. The van der Waals surface area contributed by atoms with E-state index in [-0.39, 0.29) is 5.91 Å². The van der Waals surface area contributed by atoms with Gasteiger partial charge in [-0.25, -0.2) is 0 Å². The van der Waals surface area contributed by atoms with E-state index in [1.54, 1.807) is 43.6 Å². The summed E-state index contributed by atoms with van der Waals surface area (Å²) < 4.78 is 0. The predicted molar refractivity (Wildman–Crippen MR) is 81.1 cm³/mol. The molecule has 102 valence electrons. The molecule has 20 heavy (non-hydrogen) atoms. The van der Waals surface area contributed by atoms with Crippen molar-refractivity contribution in [2.45, 2.75) is 0 Å². The van der Waals surface area contributed by atoms with E-state index < -0.39 is 0 Å². The minimum absolute atomic E-state index is 0.201. The summed E-state index contributed by atoms with van der Waals surface area (Å²) in [6.07, 6.45) is 3.29. The maximum atomic E-state index is 11.8. The molecule has 0 radical (unpaired) electrons. The van der Waals surface area contributed by atoms with Crippen molar-refractivity contribution in [3.63, 3.8) is 0 Å². The summed E-state index contributed by atoms with van der Waals surface area (Å²) in [5.74, 6) is -0.201. The normalized spacial score (nSPS) is 11.2. The smallest absolute Gasteiger partial charge is 0.253 e. The Morgan fingerprint density at radius 3 is 2.65 bits per heavy atom. The Hall–Kier alpha value is -2.33. The molecule has 0 aliphatic rings. The van der Waals surface area contributed by atoms with Crippen LogP contribution in [-0.4, -0.2) is 17.9 Å². The molecule has 0 aliphatic carbocycles. The fourth-order valence-corrected chi connectivity index (χ4v) is 1.86. The number of carbonyl (C=O) groups is 1. The first-order valence-electron chi connectivity index (χ1n) is 6.02. The van der Waals surface area contributed by atoms with Crippen LogP contribution in [-0.2, 0) is 0 Å². The number of rotatable bonds is 3. The standard InChI is InChI=1S/C15H14ClN3O/c1-18-15(20)12-3-2-8-19-14(12)9-13(17)10-4-6-11(16)7-5-10/h2-9H,17H2,1H3,(H,18,20). The molecule has 1 aromatic heterocycles. The highest BCUT2D eigenvalue weighted by Gasteiger charge is 2.09. The second-order valence-electron chi connectivity index (χ2n) is 4.12. The largest absolute Gasteiger partial charge is 0.398 e. The van der Waals surface area contributed by atoms with Crippen LogP contribution in [0.25, 0.3) is 11.8 Å². The van der Waals surface area contributed by atoms with Crippen molar-refractivity contribution in [3.05, 3.63) is 64.4 Å². The first-order valence-corrected chi connectivity index (χ1v) is 6.40. The van der Waals surface area contributed by atoms with Gasteiger partial charge in [0.2, 0.25) is 0 Å². The lowest BCUT2D eigenvalue weighted by Crippen LogP contribution is -2.19. The molecule has 0 atom stereocenters. The van der Waals surface area contributed by atoms with Crippen molar-refractivity contribution < 1.29 is 4.79 Å². The van der Waals surface area contributed by atoms with Crippen LogP contribution >= 0.6 is 11.6 Å². The summed E-state index contributed by atoms with van der Waals surface area (Å²) >= 11 is 5.84. The lowest BCUT2D eigenvalue weighted by Gasteiger charge is -2.06. The Bertz CT molecular complexity index is 650. The Labute approximate surface area is 122 Å². The first kappa shape index (κ1) is 14.1. The van der Waals surface area contributed by atoms with E-state index in [2.05, 4.69) is 10.3 Å². The number of hydrogen-bond acceptors (Lipinski definition) is 3. The van der Waals surface area contributed by atoms with Crippen LogP contribution < -0.4 is 11.1 Å². The molecule has 0 unspecified atom stereocenters. The molecular weight excluding hydrogens is 274 g/mol. The number of nitrogens with one attached hydrogen (secondary N) is 1. The first-order chi connectivity index (χ1) is 9.61. The predicted octanol–water partition coefficient (Wildman–Crippen LogP) is 2.55. The topological polar surface area (TPSA) is 68.0 Å². The summed E-state index contributed by atoms with van der Waals surface area (Å²) in [5.41, 5.74) is 8.38. The molecule has 1 heterocycles. The van der Waals surface area contributed by atoms with Gasteiger partial charge in [0.1, 0.15) is 0 Å². The third kappa shape index (κ3) is 3.16. The van der Waals surface area contributed by atoms with Crippen LogP contribution in [0.1, 0.15) is 21.6 Å². The average molecular weight is 288 g/mol. The Balaban J connectivity index is 2.39. The molecule has 0 bridgehead atoms. The van der Waals surface area contributed by atoms with E-state index in [1.807, 2.05) is 12.1 Å². The number of aromatic nitrogens is 1. The second kappa shape index (κ2) is 6.21. The third-order valence-electron chi connectivity index (χ3n) is 2.78. The van der Waals surface area contributed by atoms with E-state index in [9.17, 15) is 4.79 Å². The zero-order valence-corrected chi connectivity index (χ0v) is 11.7. The molecule has 2 rings (SSSR count). The van der Waals surface area contributed by atoms with Crippen LogP contribution in [0.15, 0.2) is 42.6 Å². The molecule has 0 saturated carbocycles. The SMILES string of the molecule is CNC(=O)c1cccnc1C=C(N)c1ccc(Cl)cc1. The van der Waals surface area contributed by atoms with Crippen molar-refractivity contribution >= 4 is 29.3 Å². The quantitative estimate of drug-likeness (QED) is 0.911. The molecule has 0 saturated heterocycles. The molecule has 3 N–H and O–H groups in total. The monoisotopic (exact) mass is 287 g/mol. The second-order valence-corrected chi connectivity index (χ2v) is 4.56. The van der Waals surface area contributed by atoms with E-state index in [0.717, 1.165) is 5.56 Å². The van der Waals surface area contributed by atoms with Crippen LogP contribution in [0.3, 0.4) is 0 Å². The Morgan fingerprint density at radius 1 is 1.30 bits per heavy atom.